The Morgan fingerprint density at radius 3 is 1.67 bits per heavy atom. The smallest absolute Gasteiger partial charge is 0.286 e. The number of hydrogen-bond acceptors (Lipinski definition) is 6. The standard InChI is InChI=1S/C39H46N5O2S2/c1-41(2)34-19-13-32(14-20-34)17-23-36-10-5-7-26-43(36)30-38(45)12-9-28-47-48-29-25-40-39(46)31-44-27-8-6-11-37(44)24-18-33-15-21-35(22-16-33)42(3)4/h5-8,10-11,13-24,26-27H,9,12,25,28-31H2,1-4H3/q+1/p+1. The van der Waals surface area contributed by atoms with Gasteiger partial charge in [-0.15, -0.1) is 0 Å². The van der Waals surface area contributed by atoms with Crippen LogP contribution in [0.15, 0.2) is 97.3 Å². The van der Waals surface area contributed by atoms with Gasteiger partial charge in [-0.05, 0) is 66.1 Å². The van der Waals surface area contributed by atoms with Crippen LogP contribution in [0.3, 0.4) is 0 Å². The predicted octanol–water partition coefficient (Wildman–Crippen LogP) is 6.28. The van der Waals surface area contributed by atoms with Crippen molar-refractivity contribution in [1.82, 2.24) is 5.32 Å². The third-order valence-corrected chi connectivity index (χ3v) is 10.1. The second kappa shape index (κ2) is 19.5. The summed E-state index contributed by atoms with van der Waals surface area (Å²) < 4.78 is 3.96. The number of aromatic nitrogens is 2. The molecule has 0 bridgehead atoms. The van der Waals surface area contributed by atoms with Crippen LogP contribution in [0.4, 0.5) is 11.4 Å². The first-order valence-corrected chi connectivity index (χ1v) is 18.7. The molecule has 0 aliphatic rings. The highest BCUT2D eigenvalue weighted by Crippen LogP contribution is 2.22. The fraction of sp³-hybridized carbons (Fsp3) is 0.282. The maximum atomic E-state index is 12.8. The molecule has 48 heavy (non-hydrogen) atoms. The highest BCUT2D eigenvalue weighted by atomic mass is 33.1. The molecule has 0 radical (unpaired) electrons. The van der Waals surface area contributed by atoms with E-state index in [0.717, 1.165) is 51.8 Å². The Morgan fingerprint density at radius 1 is 0.646 bits per heavy atom. The SMILES string of the molecule is CN(C)c1ccc(/C=C/c2cccc[n+]2CC(=O)CCCSSCCNC(=O)C[n+]2ccccc2/C=C/c2ccc(N(C)C)cc2)cc1. The van der Waals surface area contributed by atoms with E-state index in [1.165, 1.54) is 0 Å². The van der Waals surface area contributed by atoms with Crippen LogP contribution in [0.25, 0.3) is 24.3 Å². The van der Waals surface area contributed by atoms with Gasteiger partial charge in [0.1, 0.15) is 0 Å². The molecule has 0 saturated heterocycles. The van der Waals surface area contributed by atoms with Gasteiger partial charge in [-0.25, -0.2) is 0 Å². The molecular weight excluding hydrogens is 635 g/mol. The van der Waals surface area contributed by atoms with Crippen molar-refractivity contribution in [2.75, 3.05) is 56.0 Å². The van der Waals surface area contributed by atoms with E-state index in [9.17, 15) is 9.59 Å². The first-order valence-electron chi connectivity index (χ1n) is 16.2. The monoisotopic (exact) mass is 681 g/mol. The maximum Gasteiger partial charge on any atom is 0.286 e. The van der Waals surface area contributed by atoms with Crippen molar-refractivity contribution in [3.63, 3.8) is 0 Å². The Balaban J connectivity index is 1.11. The molecule has 0 saturated carbocycles. The van der Waals surface area contributed by atoms with Crippen LogP contribution in [0.2, 0.25) is 0 Å². The number of ketones is 1. The normalized spacial score (nSPS) is 11.2. The lowest BCUT2D eigenvalue weighted by molar-refractivity contribution is -0.686. The number of nitrogens with zero attached hydrogens (tertiary/aromatic N) is 4. The summed E-state index contributed by atoms with van der Waals surface area (Å²) in [6, 6.07) is 28.7. The van der Waals surface area contributed by atoms with Crippen LogP contribution < -0.4 is 24.3 Å². The molecule has 2 aromatic heterocycles. The van der Waals surface area contributed by atoms with Gasteiger partial charge in [-0.2, -0.15) is 9.13 Å². The molecule has 0 aliphatic carbocycles. The summed E-state index contributed by atoms with van der Waals surface area (Å²) in [4.78, 5) is 29.6. The minimum absolute atomic E-state index is 0.0118. The highest BCUT2D eigenvalue weighted by Gasteiger charge is 2.14. The van der Waals surface area contributed by atoms with Crippen molar-refractivity contribution in [3.05, 3.63) is 120 Å². The Hall–Kier alpha value is -4.34. The van der Waals surface area contributed by atoms with E-state index >= 15 is 0 Å². The first-order chi connectivity index (χ1) is 23.3. The highest BCUT2D eigenvalue weighted by molar-refractivity contribution is 8.76. The predicted molar refractivity (Wildman–Crippen MR) is 205 cm³/mol. The van der Waals surface area contributed by atoms with Gasteiger partial charge in [0, 0.05) is 100 Å². The maximum absolute atomic E-state index is 12.8. The number of nitrogens with one attached hydrogen (secondary N) is 1. The summed E-state index contributed by atoms with van der Waals surface area (Å²) in [6.45, 7) is 1.23. The van der Waals surface area contributed by atoms with Gasteiger partial charge in [-0.3, -0.25) is 9.59 Å². The summed E-state index contributed by atoms with van der Waals surface area (Å²) >= 11 is 0. The lowest BCUT2D eigenvalue weighted by Crippen LogP contribution is -2.45. The van der Waals surface area contributed by atoms with Gasteiger partial charge < -0.3 is 15.1 Å². The van der Waals surface area contributed by atoms with E-state index in [1.807, 2.05) is 92.2 Å². The molecule has 1 N–H and O–H groups in total. The van der Waals surface area contributed by atoms with Crippen molar-refractivity contribution in [1.29, 1.82) is 0 Å². The summed E-state index contributed by atoms with van der Waals surface area (Å²) in [5.41, 5.74) is 6.51. The summed E-state index contributed by atoms with van der Waals surface area (Å²) in [7, 11) is 11.6. The lowest BCUT2D eigenvalue weighted by atomic mass is 10.1. The van der Waals surface area contributed by atoms with E-state index in [1.54, 1.807) is 21.6 Å². The van der Waals surface area contributed by atoms with Crippen LogP contribution in [-0.2, 0) is 22.7 Å². The molecule has 0 spiro atoms. The molecule has 4 rings (SSSR count). The van der Waals surface area contributed by atoms with Crippen LogP contribution in [0.5, 0.6) is 0 Å². The minimum atomic E-state index is -0.0118. The van der Waals surface area contributed by atoms with Crippen molar-refractivity contribution < 1.29 is 18.7 Å². The Morgan fingerprint density at radius 2 is 1.15 bits per heavy atom. The average Bonchev–Trinajstić information content (AvgIpc) is 3.09. The van der Waals surface area contributed by atoms with Crippen molar-refractivity contribution in [2.24, 2.45) is 0 Å². The molecule has 1 amide bonds. The molecule has 7 nitrogen and oxygen atoms in total. The van der Waals surface area contributed by atoms with E-state index in [0.29, 0.717) is 19.5 Å². The third kappa shape index (κ3) is 12.4. The molecule has 9 heteroatoms. The minimum Gasteiger partial charge on any atom is -0.378 e. The van der Waals surface area contributed by atoms with Crippen molar-refractivity contribution >= 4 is 69.0 Å². The van der Waals surface area contributed by atoms with Gasteiger partial charge in [0.15, 0.2) is 18.2 Å². The number of amides is 1. The zero-order chi connectivity index (χ0) is 34.1. The largest absolute Gasteiger partial charge is 0.378 e. The molecule has 2 aromatic carbocycles. The Labute approximate surface area is 293 Å². The Bertz CT molecular complexity index is 1540. The molecule has 0 unspecified atom stereocenters. The lowest BCUT2D eigenvalue weighted by Gasteiger charge is -2.11. The molecule has 2 heterocycles. The van der Waals surface area contributed by atoms with Crippen LogP contribution in [-0.4, -0.2) is 57.9 Å². The van der Waals surface area contributed by atoms with Gasteiger partial charge in [0.2, 0.25) is 24.5 Å². The first kappa shape index (κ1) is 36.5. The molecule has 0 fully saturated rings. The number of Topliss-reactive ketones (excluding diaryl/α,β-unsaturated/α-hetero) is 1. The van der Waals surface area contributed by atoms with Crippen LogP contribution in [0, 0.1) is 0 Å². The fourth-order valence-electron chi connectivity index (χ4n) is 4.86. The van der Waals surface area contributed by atoms with Crippen molar-refractivity contribution in [3.8, 4) is 0 Å². The number of rotatable bonds is 18. The molecule has 250 valence electrons. The molecular formula is C39H47N5O2S2+2. The topological polar surface area (TPSA) is 60.4 Å². The van der Waals surface area contributed by atoms with Gasteiger partial charge in [-0.1, -0.05) is 45.9 Å². The van der Waals surface area contributed by atoms with E-state index < -0.39 is 0 Å². The summed E-state index contributed by atoms with van der Waals surface area (Å²) in [5, 5.41) is 3.03. The molecule has 4 aromatic rings. The second-order valence-corrected chi connectivity index (χ2v) is 14.5. The summed E-state index contributed by atoms with van der Waals surface area (Å²) in [6.07, 6.45) is 13.5. The number of anilines is 2. The quantitative estimate of drug-likeness (QED) is 0.0758. The number of carbonyl (C=O) groups excluding carboxylic acids is 2. The van der Waals surface area contributed by atoms with Gasteiger partial charge in [0.25, 0.3) is 5.91 Å². The van der Waals surface area contributed by atoms with Crippen LogP contribution in [0.1, 0.15) is 35.4 Å². The third-order valence-electron chi connectivity index (χ3n) is 7.60. The zero-order valence-electron chi connectivity index (χ0n) is 28.4. The zero-order valence-corrected chi connectivity index (χ0v) is 30.1. The molecule has 0 atom stereocenters. The van der Waals surface area contributed by atoms with Gasteiger partial charge >= 0.3 is 0 Å². The number of benzene rings is 2. The van der Waals surface area contributed by atoms with E-state index in [2.05, 4.69) is 81.9 Å². The number of pyridine rings is 2. The fourth-order valence-corrected chi connectivity index (χ4v) is 6.85. The number of carbonyl (C=O) groups is 2. The average molecular weight is 682 g/mol. The Kier molecular flexibility index (Phi) is 14.8. The van der Waals surface area contributed by atoms with Crippen LogP contribution >= 0.6 is 21.6 Å². The second-order valence-electron chi connectivity index (χ2n) is 11.8. The van der Waals surface area contributed by atoms with Crippen molar-refractivity contribution in [2.45, 2.75) is 25.9 Å². The molecule has 0 aliphatic heterocycles. The van der Waals surface area contributed by atoms with Gasteiger partial charge in [0.05, 0.1) is 0 Å². The van der Waals surface area contributed by atoms with E-state index in [4.69, 9.17) is 0 Å². The van der Waals surface area contributed by atoms with E-state index in [-0.39, 0.29) is 18.2 Å². The number of hydrogen-bond donors (Lipinski definition) is 1. The summed E-state index contributed by atoms with van der Waals surface area (Å²) in [5.74, 6) is 1.92.